The van der Waals surface area contributed by atoms with E-state index in [1.807, 2.05) is 0 Å². The molecule has 0 aliphatic carbocycles. The SMILES string of the molecule is CCC=CCC=CC=CCCC.CCCCCCCCCCC=CCCCCO. The van der Waals surface area contributed by atoms with Crippen molar-refractivity contribution >= 4 is 0 Å². The second-order valence-electron chi connectivity index (χ2n) is 7.71. The third-order valence-corrected chi connectivity index (χ3v) is 4.68. The van der Waals surface area contributed by atoms with Gasteiger partial charge in [0.15, 0.2) is 0 Å². The van der Waals surface area contributed by atoms with Gasteiger partial charge in [0.05, 0.1) is 0 Å². The maximum absolute atomic E-state index is 8.62. The Kier molecular flexibility index (Phi) is 32.8. The van der Waals surface area contributed by atoms with E-state index in [4.69, 9.17) is 5.11 Å². The molecule has 0 aromatic heterocycles. The summed E-state index contributed by atoms with van der Waals surface area (Å²) in [5.41, 5.74) is 0. The number of hydrogen-bond donors (Lipinski definition) is 1. The van der Waals surface area contributed by atoms with E-state index in [0.717, 1.165) is 32.1 Å². The molecule has 1 nitrogen and oxygen atoms in total. The quantitative estimate of drug-likeness (QED) is 0.129. The van der Waals surface area contributed by atoms with Crippen LogP contribution in [0.4, 0.5) is 0 Å². The van der Waals surface area contributed by atoms with Crippen molar-refractivity contribution in [2.45, 2.75) is 124 Å². The van der Waals surface area contributed by atoms with Crippen molar-refractivity contribution in [2.75, 3.05) is 6.61 Å². The van der Waals surface area contributed by atoms with E-state index >= 15 is 0 Å². The second-order valence-corrected chi connectivity index (χ2v) is 7.71. The van der Waals surface area contributed by atoms with Crippen molar-refractivity contribution in [1.82, 2.24) is 0 Å². The van der Waals surface area contributed by atoms with E-state index in [1.54, 1.807) is 0 Å². The van der Waals surface area contributed by atoms with Gasteiger partial charge in [0.1, 0.15) is 0 Å². The summed E-state index contributed by atoms with van der Waals surface area (Å²) >= 11 is 0. The van der Waals surface area contributed by atoms with Crippen molar-refractivity contribution in [3.8, 4) is 0 Å². The lowest BCUT2D eigenvalue weighted by atomic mass is 10.1. The average molecular weight is 405 g/mol. The molecule has 0 bridgehead atoms. The molecule has 0 rings (SSSR count). The molecule has 29 heavy (non-hydrogen) atoms. The molecule has 0 saturated heterocycles. The fourth-order valence-corrected chi connectivity index (χ4v) is 2.85. The van der Waals surface area contributed by atoms with Crippen molar-refractivity contribution < 1.29 is 5.11 Å². The van der Waals surface area contributed by atoms with E-state index in [-0.39, 0.29) is 0 Å². The molecule has 0 spiro atoms. The molecule has 0 atom stereocenters. The summed E-state index contributed by atoms with van der Waals surface area (Å²) in [6.07, 6.45) is 37.9. The molecule has 0 heterocycles. The van der Waals surface area contributed by atoms with Gasteiger partial charge in [0, 0.05) is 6.61 Å². The fourth-order valence-electron chi connectivity index (χ4n) is 2.85. The Morgan fingerprint density at radius 1 is 0.483 bits per heavy atom. The molecule has 0 unspecified atom stereocenters. The van der Waals surface area contributed by atoms with E-state index in [0.29, 0.717) is 6.61 Å². The minimum atomic E-state index is 0.339. The largest absolute Gasteiger partial charge is 0.396 e. The molecule has 0 radical (unpaired) electrons. The van der Waals surface area contributed by atoms with E-state index in [1.165, 1.54) is 70.6 Å². The van der Waals surface area contributed by atoms with Crippen LogP contribution in [-0.4, -0.2) is 11.7 Å². The predicted octanol–water partition coefficient (Wildman–Crippen LogP) is 9.49. The van der Waals surface area contributed by atoms with Crippen LogP contribution in [0.25, 0.3) is 0 Å². The highest BCUT2D eigenvalue weighted by Gasteiger charge is 1.90. The lowest BCUT2D eigenvalue weighted by Gasteiger charge is -1.99. The zero-order valence-corrected chi connectivity index (χ0v) is 20.1. The zero-order chi connectivity index (χ0) is 21.7. The Labute approximate surface area is 184 Å². The van der Waals surface area contributed by atoms with Gasteiger partial charge < -0.3 is 5.11 Å². The molecule has 0 aromatic rings. The summed E-state index contributed by atoms with van der Waals surface area (Å²) < 4.78 is 0. The molecule has 0 aliphatic heterocycles. The van der Waals surface area contributed by atoms with Crippen LogP contribution in [0.1, 0.15) is 124 Å². The molecular formula is C28H52O. The van der Waals surface area contributed by atoms with Gasteiger partial charge in [-0.3, -0.25) is 0 Å². The van der Waals surface area contributed by atoms with Gasteiger partial charge in [-0.05, 0) is 51.4 Å². The second kappa shape index (κ2) is 31.6. The highest BCUT2D eigenvalue weighted by molar-refractivity contribution is 5.04. The first kappa shape index (κ1) is 30.1. The molecule has 0 aromatic carbocycles. The van der Waals surface area contributed by atoms with Crippen molar-refractivity contribution in [3.63, 3.8) is 0 Å². The van der Waals surface area contributed by atoms with Crippen molar-refractivity contribution in [3.05, 3.63) is 48.6 Å². The molecule has 0 saturated carbocycles. The monoisotopic (exact) mass is 404 g/mol. The number of allylic oxidation sites excluding steroid dienone is 8. The maximum atomic E-state index is 8.62. The molecular weight excluding hydrogens is 352 g/mol. The van der Waals surface area contributed by atoms with Gasteiger partial charge in [-0.1, -0.05) is 121 Å². The standard InChI is InChI=1S/C16H32O.C12H20/c1-2-3-4-5-6-7-8-9-10-11-12-13-14-15-16-17;1-3-5-7-9-11-12-10-8-6-4-2/h11-12,17H,2-10,13-16H2,1H3;5,7-8,10-12H,3-4,6,9H2,1-2H3. The number of aliphatic hydroxyl groups is 1. The fraction of sp³-hybridized carbons (Fsp3) is 0.714. The lowest BCUT2D eigenvalue weighted by Crippen LogP contribution is -1.81. The number of rotatable bonds is 19. The van der Waals surface area contributed by atoms with Crippen LogP contribution in [0.2, 0.25) is 0 Å². The minimum absolute atomic E-state index is 0.339. The first-order valence-corrected chi connectivity index (χ1v) is 12.6. The summed E-state index contributed by atoms with van der Waals surface area (Å²) in [6.45, 7) is 6.96. The van der Waals surface area contributed by atoms with Gasteiger partial charge in [0.2, 0.25) is 0 Å². The summed E-state index contributed by atoms with van der Waals surface area (Å²) in [6, 6.07) is 0. The Bertz CT molecular complexity index is 376. The Morgan fingerprint density at radius 2 is 1.07 bits per heavy atom. The normalized spacial score (nSPS) is 11.9. The van der Waals surface area contributed by atoms with Crippen LogP contribution in [0, 0.1) is 0 Å². The number of unbranched alkanes of at least 4 members (excludes halogenated alkanes) is 11. The summed E-state index contributed by atoms with van der Waals surface area (Å²) in [4.78, 5) is 0. The molecule has 0 aliphatic rings. The van der Waals surface area contributed by atoms with Gasteiger partial charge in [-0.2, -0.15) is 0 Å². The van der Waals surface area contributed by atoms with Gasteiger partial charge >= 0.3 is 0 Å². The molecule has 0 fully saturated rings. The molecule has 170 valence electrons. The Morgan fingerprint density at radius 3 is 1.66 bits per heavy atom. The van der Waals surface area contributed by atoms with E-state index in [2.05, 4.69) is 69.4 Å². The third-order valence-electron chi connectivity index (χ3n) is 4.68. The van der Waals surface area contributed by atoms with Crippen molar-refractivity contribution in [1.29, 1.82) is 0 Å². The van der Waals surface area contributed by atoms with Crippen LogP contribution in [0.5, 0.6) is 0 Å². The Hall–Kier alpha value is -1.08. The van der Waals surface area contributed by atoms with E-state index in [9.17, 15) is 0 Å². The van der Waals surface area contributed by atoms with Crippen LogP contribution >= 0.6 is 0 Å². The highest BCUT2D eigenvalue weighted by atomic mass is 16.2. The summed E-state index contributed by atoms with van der Waals surface area (Å²) in [5, 5.41) is 8.62. The lowest BCUT2D eigenvalue weighted by molar-refractivity contribution is 0.285. The summed E-state index contributed by atoms with van der Waals surface area (Å²) in [5.74, 6) is 0. The summed E-state index contributed by atoms with van der Waals surface area (Å²) in [7, 11) is 0. The third kappa shape index (κ3) is 34.8. The Balaban J connectivity index is 0. The smallest absolute Gasteiger partial charge is 0.0431 e. The topological polar surface area (TPSA) is 20.2 Å². The molecule has 0 amide bonds. The minimum Gasteiger partial charge on any atom is -0.396 e. The van der Waals surface area contributed by atoms with Crippen LogP contribution < -0.4 is 0 Å². The molecule has 1 N–H and O–H groups in total. The van der Waals surface area contributed by atoms with E-state index < -0.39 is 0 Å². The zero-order valence-electron chi connectivity index (χ0n) is 20.1. The van der Waals surface area contributed by atoms with Gasteiger partial charge in [0.25, 0.3) is 0 Å². The highest BCUT2D eigenvalue weighted by Crippen LogP contribution is 2.10. The predicted molar refractivity (Wildman–Crippen MR) is 135 cm³/mol. The van der Waals surface area contributed by atoms with Crippen LogP contribution in [0.15, 0.2) is 48.6 Å². The number of aliphatic hydroxyl groups excluding tert-OH is 1. The molecule has 1 heteroatoms. The maximum Gasteiger partial charge on any atom is 0.0431 e. The van der Waals surface area contributed by atoms with Crippen LogP contribution in [-0.2, 0) is 0 Å². The average Bonchev–Trinajstić information content (AvgIpc) is 2.74. The van der Waals surface area contributed by atoms with Crippen molar-refractivity contribution in [2.24, 2.45) is 0 Å². The van der Waals surface area contributed by atoms with Crippen LogP contribution in [0.3, 0.4) is 0 Å². The van der Waals surface area contributed by atoms with Gasteiger partial charge in [-0.25, -0.2) is 0 Å². The first-order chi connectivity index (χ1) is 14.3. The first-order valence-electron chi connectivity index (χ1n) is 12.6. The van der Waals surface area contributed by atoms with Gasteiger partial charge in [-0.15, -0.1) is 0 Å². The number of hydrogen-bond acceptors (Lipinski definition) is 1.